The highest BCUT2D eigenvalue weighted by atomic mass is 19.4. The van der Waals surface area contributed by atoms with Gasteiger partial charge >= 0.3 is 12.1 Å². The van der Waals surface area contributed by atoms with Crippen molar-refractivity contribution in [2.24, 2.45) is 5.92 Å². The van der Waals surface area contributed by atoms with Crippen LogP contribution in [-0.2, 0) is 20.5 Å². The number of anilines is 1. The van der Waals surface area contributed by atoms with Crippen LogP contribution < -0.4 is 5.32 Å². The van der Waals surface area contributed by atoms with E-state index in [9.17, 15) is 22.8 Å². The first-order valence-corrected chi connectivity index (χ1v) is 11.3. The number of benzene rings is 1. The first kappa shape index (κ1) is 24.2. The van der Waals surface area contributed by atoms with E-state index in [4.69, 9.17) is 4.74 Å². The van der Waals surface area contributed by atoms with E-state index in [1.165, 1.54) is 19.5 Å². The van der Waals surface area contributed by atoms with Crippen molar-refractivity contribution >= 4 is 28.6 Å². The zero-order chi connectivity index (χ0) is 24.6. The van der Waals surface area contributed by atoms with E-state index < -0.39 is 23.7 Å². The molecule has 4 rings (SSSR count). The number of hydrogen-bond donors (Lipinski definition) is 1. The van der Waals surface area contributed by atoms with Crippen LogP contribution in [0.25, 0.3) is 10.9 Å². The summed E-state index contributed by atoms with van der Waals surface area (Å²) in [6, 6.07) is 2.57. The van der Waals surface area contributed by atoms with Crippen LogP contribution in [-0.4, -0.2) is 76.5 Å². The third-order valence-electron chi connectivity index (χ3n) is 6.76. The lowest BCUT2D eigenvalue weighted by Crippen LogP contribution is -2.56. The molecule has 0 spiro atoms. The molecule has 2 aromatic rings. The van der Waals surface area contributed by atoms with Gasteiger partial charge in [0.15, 0.2) is 0 Å². The molecule has 0 radical (unpaired) electrons. The lowest BCUT2D eigenvalue weighted by molar-refractivity contribution is -0.152. The fraction of sp³-hybridized carbons (Fsp3) is 0.565. The van der Waals surface area contributed by atoms with Crippen molar-refractivity contribution in [3.8, 4) is 0 Å². The lowest BCUT2D eigenvalue weighted by Gasteiger charge is -2.42. The Hall–Kier alpha value is -2.95. The molecule has 0 aliphatic carbocycles. The van der Waals surface area contributed by atoms with Gasteiger partial charge in [0.2, 0.25) is 5.91 Å². The van der Waals surface area contributed by atoms with Gasteiger partial charge in [-0.15, -0.1) is 0 Å². The number of likely N-dealkylation sites (tertiary alicyclic amines) is 2. The number of hydrogen-bond acceptors (Lipinski definition) is 7. The lowest BCUT2D eigenvalue weighted by atomic mass is 9.90. The molecule has 0 unspecified atom stereocenters. The quantitative estimate of drug-likeness (QED) is 0.660. The molecule has 8 nitrogen and oxygen atoms in total. The molecule has 0 saturated carbocycles. The number of carbonyl (C=O) groups excluding carboxylic acids is 2. The normalized spacial score (nSPS) is 24.1. The fourth-order valence-electron chi connectivity index (χ4n) is 4.87. The number of rotatable bonds is 5. The number of nitrogens with zero attached hydrogens (tertiary/aromatic N) is 4. The van der Waals surface area contributed by atoms with Crippen LogP contribution in [0.15, 0.2) is 24.5 Å². The number of esters is 1. The van der Waals surface area contributed by atoms with Gasteiger partial charge in [0, 0.05) is 37.1 Å². The van der Waals surface area contributed by atoms with Crippen LogP contribution in [0.5, 0.6) is 0 Å². The predicted octanol–water partition coefficient (Wildman–Crippen LogP) is 2.93. The van der Waals surface area contributed by atoms with E-state index >= 15 is 0 Å². The summed E-state index contributed by atoms with van der Waals surface area (Å²) in [6.07, 6.45) is -2.16. The van der Waals surface area contributed by atoms with Crippen LogP contribution in [0.1, 0.15) is 32.3 Å². The molecule has 3 atom stereocenters. The van der Waals surface area contributed by atoms with Gasteiger partial charge in [-0.1, -0.05) is 0 Å². The van der Waals surface area contributed by atoms with Crippen molar-refractivity contribution in [3.05, 3.63) is 30.1 Å². The molecule has 0 bridgehead atoms. The van der Waals surface area contributed by atoms with Crippen LogP contribution in [0.3, 0.4) is 0 Å². The Morgan fingerprint density at radius 1 is 1.21 bits per heavy atom. The molecule has 34 heavy (non-hydrogen) atoms. The number of aromatic nitrogens is 2. The second-order valence-electron chi connectivity index (χ2n) is 9.04. The number of halogens is 3. The second-order valence-corrected chi connectivity index (χ2v) is 9.04. The molecule has 2 aliphatic rings. The molecule has 3 heterocycles. The number of piperidine rings is 1. The van der Waals surface area contributed by atoms with E-state index in [1.807, 2.05) is 0 Å². The van der Waals surface area contributed by atoms with Crippen LogP contribution in [0, 0.1) is 5.92 Å². The topological polar surface area (TPSA) is 87.7 Å². The van der Waals surface area contributed by atoms with Gasteiger partial charge in [-0.3, -0.25) is 14.5 Å². The fourth-order valence-corrected chi connectivity index (χ4v) is 4.87. The zero-order valence-corrected chi connectivity index (χ0v) is 19.3. The standard InChI is InChI=1S/C23H28F3N5O3/c1-13(2)30-8-7-19(16(11-30)22(33)34-3)31-9-6-18(21(31)32)29-20-15-10-14(23(24,25)26)4-5-17(15)27-12-28-20/h4-5,10,12-13,16,18-19H,6-9,11H2,1-3H3,(H,27,28,29)/t16-,18-,19-/m0/s1. The maximum atomic E-state index is 13.3. The van der Waals surface area contributed by atoms with Crippen LogP contribution in [0.2, 0.25) is 0 Å². The molecule has 1 aromatic carbocycles. The number of amides is 1. The number of alkyl halides is 3. The average molecular weight is 480 g/mol. The first-order chi connectivity index (χ1) is 16.1. The molecular formula is C23H28F3N5O3. The third kappa shape index (κ3) is 4.66. The summed E-state index contributed by atoms with van der Waals surface area (Å²) in [4.78, 5) is 37.9. The minimum Gasteiger partial charge on any atom is -0.469 e. The molecule has 2 fully saturated rings. The average Bonchev–Trinajstić information content (AvgIpc) is 3.17. The summed E-state index contributed by atoms with van der Waals surface area (Å²) >= 11 is 0. The maximum absolute atomic E-state index is 13.3. The van der Waals surface area contributed by atoms with E-state index in [0.29, 0.717) is 31.4 Å². The highest BCUT2D eigenvalue weighted by molar-refractivity contribution is 5.93. The minimum atomic E-state index is -4.50. The largest absolute Gasteiger partial charge is 0.469 e. The zero-order valence-electron chi connectivity index (χ0n) is 19.3. The summed E-state index contributed by atoms with van der Waals surface area (Å²) < 4.78 is 44.7. The Morgan fingerprint density at radius 2 is 1.97 bits per heavy atom. The van der Waals surface area contributed by atoms with Gasteiger partial charge in [-0.25, -0.2) is 9.97 Å². The van der Waals surface area contributed by atoms with Crippen molar-refractivity contribution in [1.82, 2.24) is 19.8 Å². The van der Waals surface area contributed by atoms with E-state index in [0.717, 1.165) is 18.7 Å². The molecule has 1 amide bonds. The summed E-state index contributed by atoms with van der Waals surface area (Å²) in [6.45, 7) is 5.83. The van der Waals surface area contributed by atoms with Gasteiger partial charge in [-0.05, 0) is 44.9 Å². The third-order valence-corrected chi connectivity index (χ3v) is 6.76. The molecule has 2 saturated heterocycles. The SMILES string of the molecule is COC(=O)[C@H]1CN(C(C)C)CC[C@@H]1N1CC[C@H](Nc2ncnc3ccc(C(F)(F)F)cc23)C1=O. The monoisotopic (exact) mass is 479 g/mol. The Balaban J connectivity index is 1.55. The molecule has 11 heteroatoms. The van der Waals surface area contributed by atoms with Crippen molar-refractivity contribution in [2.45, 2.75) is 51.0 Å². The Labute approximate surface area is 195 Å². The van der Waals surface area contributed by atoms with Gasteiger partial charge in [0.25, 0.3) is 0 Å². The number of carbonyl (C=O) groups is 2. The van der Waals surface area contributed by atoms with Gasteiger partial charge < -0.3 is 15.0 Å². The van der Waals surface area contributed by atoms with Gasteiger partial charge in [0.05, 0.1) is 24.1 Å². The molecular weight excluding hydrogens is 451 g/mol. The summed E-state index contributed by atoms with van der Waals surface area (Å²) in [5.41, 5.74) is -0.463. The highest BCUT2D eigenvalue weighted by Crippen LogP contribution is 2.34. The second kappa shape index (κ2) is 9.36. The number of ether oxygens (including phenoxy) is 1. The Bertz CT molecular complexity index is 1080. The van der Waals surface area contributed by atoms with Crippen molar-refractivity contribution in [1.29, 1.82) is 0 Å². The first-order valence-electron chi connectivity index (χ1n) is 11.3. The van der Waals surface area contributed by atoms with Crippen LogP contribution in [0.4, 0.5) is 19.0 Å². The van der Waals surface area contributed by atoms with Crippen molar-refractivity contribution in [2.75, 3.05) is 32.1 Å². The predicted molar refractivity (Wildman–Crippen MR) is 119 cm³/mol. The van der Waals surface area contributed by atoms with Crippen LogP contribution >= 0.6 is 0 Å². The molecule has 1 N–H and O–H groups in total. The van der Waals surface area contributed by atoms with E-state index in [2.05, 4.69) is 34.0 Å². The van der Waals surface area contributed by atoms with E-state index in [-0.39, 0.29) is 35.2 Å². The van der Waals surface area contributed by atoms with E-state index in [1.54, 1.807) is 4.90 Å². The molecule has 1 aromatic heterocycles. The molecule has 184 valence electrons. The number of fused-ring (bicyclic) bond motifs is 1. The Morgan fingerprint density at radius 3 is 2.65 bits per heavy atom. The Kier molecular flexibility index (Phi) is 6.66. The number of nitrogens with one attached hydrogen (secondary N) is 1. The van der Waals surface area contributed by atoms with Gasteiger partial charge in [-0.2, -0.15) is 13.2 Å². The smallest absolute Gasteiger partial charge is 0.416 e. The van der Waals surface area contributed by atoms with Gasteiger partial charge in [0.1, 0.15) is 18.2 Å². The minimum absolute atomic E-state index is 0.176. The number of methoxy groups -OCH3 is 1. The van der Waals surface area contributed by atoms with Crippen molar-refractivity contribution < 1.29 is 27.5 Å². The summed E-state index contributed by atoms with van der Waals surface area (Å²) in [7, 11) is 1.35. The highest BCUT2D eigenvalue weighted by Gasteiger charge is 2.44. The molecule has 2 aliphatic heterocycles. The summed E-state index contributed by atoms with van der Waals surface area (Å²) in [5, 5.41) is 3.23. The van der Waals surface area contributed by atoms with Crippen molar-refractivity contribution in [3.63, 3.8) is 0 Å². The summed E-state index contributed by atoms with van der Waals surface area (Å²) in [5.74, 6) is -0.829. The maximum Gasteiger partial charge on any atom is 0.416 e.